The van der Waals surface area contributed by atoms with E-state index in [4.69, 9.17) is 10.2 Å². The van der Waals surface area contributed by atoms with Gasteiger partial charge < -0.3 is 10.2 Å². The van der Waals surface area contributed by atoms with E-state index in [0.717, 1.165) is 24.7 Å². The van der Waals surface area contributed by atoms with Crippen LogP contribution in [-0.2, 0) is 0 Å². The standard InChI is InChI=1S/C10H18O2/c1-9(6-7-11)4-3-5-10(2)8-12/h5-7,9,11-12H,3-4,8H2,1-2H3/b7-6+,10-5+. The minimum atomic E-state index is 0.143. The first-order valence-electron chi connectivity index (χ1n) is 4.28. The second-order valence-corrected chi connectivity index (χ2v) is 3.10. The Kier molecular flexibility index (Phi) is 6.48. The second-order valence-electron chi connectivity index (χ2n) is 3.10. The summed E-state index contributed by atoms with van der Waals surface area (Å²) >= 11 is 0. The van der Waals surface area contributed by atoms with Crippen molar-refractivity contribution in [2.24, 2.45) is 5.92 Å². The molecule has 2 nitrogen and oxygen atoms in total. The summed E-state index contributed by atoms with van der Waals surface area (Å²) in [7, 11) is 0. The van der Waals surface area contributed by atoms with Crippen LogP contribution in [0.2, 0.25) is 0 Å². The van der Waals surface area contributed by atoms with Gasteiger partial charge in [-0.25, -0.2) is 0 Å². The molecule has 0 amide bonds. The first kappa shape index (κ1) is 11.2. The summed E-state index contributed by atoms with van der Waals surface area (Å²) in [6.45, 7) is 4.10. The van der Waals surface area contributed by atoms with Gasteiger partial charge in [-0.1, -0.05) is 18.6 Å². The maximum atomic E-state index is 8.68. The second kappa shape index (κ2) is 6.92. The van der Waals surface area contributed by atoms with Crippen molar-refractivity contribution in [2.45, 2.75) is 26.7 Å². The smallest absolute Gasteiger partial charge is 0.0754 e. The van der Waals surface area contributed by atoms with Gasteiger partial charge in [0.15, 0.2) is 0 Å². The Morgan fingerprint density at radius 3 is 2.67 bits per heavy atom. The Morgan fingerprint density at radius 2 is 2.17 bits per heavy atom. The van der Waals surface area contributed by atoms with Crippen molar-refractivity contribution >= 4 is 0 Å². The molecule has 0 aromatic heterocycles. The molecule has 0 saturated carbocycles. The van der Waals surface area contributed by atoms with Gasteiger partial charge >= 0.3 is 0 Å². The number of aliphatic hydroxyl groups excluding tert-OH is 2. The van der Waals surface area contributed by atoms with Crippen molar-refractivity contribution in [1.82, 2.24) is 0 Å². The SMILES string of the molecule is C/C(=C\CCC(C)/C=C/O)CO. The lowest BCUT2D eigenvalue weighted by molar-refractivity contribution is 0.330. The van der Waals surface area contributed by atoms with Gasteiger partial charge in [0.25, 0.3) is 0 Å². The van der Waals surface area contributed by atoms with Gasteiger partial charge in [0.05, 0.1) is 12.9 Å². The van der Waals surface area contributed by atoms with Gasteiger partial charge in [-0.3, -0.25) is 0 Å². The third kappa shape index (κ3) is 5.98. The van der Waals surface area contributed by atoms with E-state index in [1.165, 1.54) is 0 Å². The predicted molar refractivity (Wildman–Crippen MR) is 51.0 cm³/mol. The minimum Gasteiger partial charge on any atom is -0.516 e. The summed E-state index contributed by atoms with van der Waals surface area (Å²) in [4.78, 5) is 0. The van der Waals surface area contributed by atoms with Crippen molar-refractivity contribution < 1.29 is 10.2 Å². The maximum Gasteiger partial charge on any atom is 0.0754 e. The normalized spacial score (nSPS) is 15.4. The van der Waals surface area contributed by atoms with E-state index in [0.29, 0.717) is 5.92 Å². The first-order chi connectivity index (χ1) is 5.70. The lowest BCUT2D eigenvalue weighted by atomic mass is 10.0. The van der Waals surface area contributed by atoms with E-state index in [9.17, 15) is 0 Å². The fraction of sp³-hybridized carbons (Fsp3) is 0.600. The Hall–Kier alpha value is -0.760. The maximum absolute atomic E-state index is 8.68. The minimum absolute atomic E-state index is 0.143. The third-order valence-corrected chi connectivity index (χ3v) is 1.78. The van der Waals surface area contributed by atoms with Crippen LogP contribution < -0.4 is 0 Å². The van der Waals surface area contributed by atoms with Gasteiger partial charge in [0.2, 0.25) is 0 Å². The lowest BCUT2D eigenvalue weighted by Gasteiger charge is -2.02. The van der Waals surface area contributed by atoms with Crippen LogP contribution in [0.4, 0.5) is 0 Å². The Morgan fingerprint density at radius 1 is 1.50 bits per heavy atom. The van der Waals surface area contributed by atoms with E-state index in [-0.39, 0.29) is 6.61 Å². The molecule has 1 unspecified atom stereocenters. The van der Waals surface area contributed by atoms with E-state index in [1.807, 2.05) is 13.0 Å². The molecule has 2 N–H and O–H groups in total. The van der Waals surface area contributed by atoms with Gasteiger partial charge in [-0.05, 0) is 31.8 Å². The van der Waals surface area contributed by atoms with Crippen LogP contribution in [0.25, 0.3) is 0 Å². The van der Waals surface area contributed by atoms with Crippen LogP contribution in [0.1, 0.15) is 26.7 Å². The van der Waals surface area contributed by atoms with Crippen LogP contribution in [0.15, 0.2) is 24.0 Å². The molecule has 0 aliphatic carbocycles. The molecule has 0 saturated heterocycles. The summed E-state index contributed by atoms with van der Waals surface area (Å²) in [5.41, 5.74) is 1.01. The molecule has 0 rings (SSSR count). The summed E-state index contributed by atoms with van der Waals surface area (Å²) in [5, 5.41) is 17.1. The fourth-order valence-electron chi connectivity index (χ4n) is 0.900. The molecule has 0 heterocycles. The molecular formula is C10H18O2. The Labute approximate surface area is 74.2 Å². The van der Waals surface area contributed by atoms with Crippen LogP contribution in [0.5, 0.6) is 0 Å². The quantitative estimate of drug-likeness (QED) is 0.491. The van der Waals surface area contributed by atoms with E-state index >= 15 is 0 Å². The van der Waals surface area contributed by atoms with Gasteiger partial charge in [0.1, 0.15) is 0 Å². The molecule has 0 fully saturated rings. The molecule has 0 aromatic carbocycles. The molecule has 0 radical (unpaired) electrons. The summed E-state index contributed by atoms with van der Waals surface area (Å²) < 4.78 is 0. The molecule has 12 heavy (non-hydrogen) atoms. The van der Waals surface area contributed by atoms with Crippen molar-refractivity contribution in [2.75, 3.05) is 6.61 Å². The van der Waals surface area contributed by atoms with Gasteiger partial charge in [0, 0.05) is 0 Å². The van der Waals surface area contributed by atoms with E-state index < -0.39 is 0 Å². The van der Waals surface area contributed by atoms with Crippen LogP contribution in [0, 0.1) is 5.92 Å². The molecule has 2 heteroatoms. The molecule has 0 aliphatic heterocycles. The van der Waals surface area contributed by atoms with Gasteiger partial charge in [-0.2, -0.15) is 0 Å². The summed E-state index contributed by atoms with van der Waals surface area (Å²) in [6.07, 6.45) is 6.85. The van der Waals surface area contributed by atoms with Crippen LogP contribution in [-0.4, -0.2) is 16.8 Å². The van der Waals surface area contributed by atoms with Crippen LogP contribution in [0.3, 0.4) is 0 Å². The zero-order valence-electron chi connectivity index (χ0n) is 7.83. The molecule has 0 spiro atoms. The average Bonchev–Trinajstić information content (AvgIpc) is 2.04. The highest BCUT2D eigenvalue weighted by atomic mass is 16.3. The zero-order chi connectivity index (χ0) is 9.40. The van der Waals surface area contributed by atoms with E-state index in [1.54, 1.807) is 6.08 Å². The summed E-state index contributed by atoms with van der Waals surface area (Å²) in [5.74, 6) is 0.401. The Bertz CT molecular complexity index is 159. The number of hydrogen-bond acceptors (Lipinski definition) is 2. The number of allylic oxidation sites excluding steroid dienone is 2. The van der Waals surface area contributed by atoms with Crippen molar-refractivity contribution in [3.05, 3.63) is 24.0 Å². The molecule has 1 atom stereocenters. The third-order valence-electron chi connectivity index (χ3n) is 1.78. The topological polar surface area (TPSA) is 40.5 Å². The average molecular weight is 170 g/mol. The predicted octanol–water partition coefficient (Wildman–Crippen LogP) is 2.41. The summed E-state index contributed by atoms with van der Waals surface area (Å²) in [6, 6.07) is 0. The highest BCUT2D eigenvalue weighted by molar-refractivity contribution is 4.97. The molecule has 0 aromatic rings. The van der Waals surface area contributed by atoms with Gasteiger partial charge in [-0.15, -0.1) is 0 Å². The molecular weight excluding hydrogens is 152 g/mol. The molecule has 0 aliphatic rings. The van der Waals surface area contributed by atoms with Crippen molar-refractivity contribution in [1.29, 1.82) is 0 Å². The van der Waals surface area contributed by atoms with Crippen molar-refractivity contribution in [3.63, 3.8) is 0 Å². The number of rotatable bonds is 5. The first-order valence-corrected chi connectivity index (χ1v) is 4.28. The van der Waals surface area contributed by atoms with E-state index in [2.05, 4.69) is 6.92 Å². The fourth-order valence-corrected chi connectivity index (χ4v) is 0.900. The zero-order valence-corrected chi connectivity index (χ0v) is 7.83. The number of hydrogen-bond donors (Lipinski definition) is 2. The Balaban J connectivity index is 3.55. The van der Waals surface area contributed by atoms with Crippen LogP contribution >= 0.6 is 0 Å². The largest absolute Gasteiger partial charge is 0.516 e. The van der Waals surface area contributed by atoms with Crippen molar-refractivity contribution in [3.8, 4) is 0 Å². The highest BCUT2D eigenvalue weighted by Gasteiger charge is 1.94. The highest BCUT2D eigenvalue weighted by Crippen LogP contribution is 2.08. The molecule has 70 valence electrons. The lowest BCUT2D eigenvalue weighted by Crippen LogP contribution is -1.89. The monoisotopic (exact) mass is 170 g/mol. The number of aliphatic hydroxyl groups is 2. The molecule has 0 bridgehead atoms.